The number of carbonyl (C=O) groups is 1. The van der Waals surface area contributed by atoms with Crippen LogP contribution in [0.1, 0.15) is 23.0 Å². The Morgan fingerprint density at radius 2 is 1.89 bits per heavy atom. The molecule has 0 N–H and O–H groups in total. The summed E-state index contributed by atoms with van der Waals surface area (Å²) in [5.41, 5.74) is 4.51. The van der Waals surface area contributed by atoms with Crippen LogP contribution in [-0.2, 0) is 4.74 Å². The molecule has 0 aliphatic carbocycles. The number of esters is 1. The Hall–Kier alpha value is -2.79. The van der Waals surface area contributed by atoms with Gasteiger partial charge in [-0.25, -0.2) is 9.48 Å². The minimum Gasteiger partial charge on any atom is -0.462 e. The SMILES string of the molecule is CCOC(=O)c1c(C)nn(-c2cccc(Cl)c2)c1-c1ccc(N(C)C)cc1. The third-order valence-electron chi connectivity index (χ3n) is 4.25. The molecule has 140 valence electrons. The standard InChI is InChI=1S/C21H22ClN3O2/c1-5-27-21(26)19-14(2)23-25(18-8-6-7-16(22)13-18)20(19)15-9-11-17(12-10-15)24(3)4/h6-13H,5H2,1-4H3. The Labute approximate surface area is 164 Å². The zero-order valence-corrected chi connectivity index (χ0v) is 16.6. The van der Waals surface area contributed by atoms with Gasteiger partial charge in [0.2, 0.25) is 0 Å². The lowest BCUT2D eigenvalue weighted by Crippen LogP contribution is -2.09. The molecule has 27 heavy (non-hydrogen) atoms. The number of nitrogens with zero attached hydrogens (tertiary/aromatic N) is 3. The van der Waals surface area contributed by atoms with Crippen molar-refractivity contribution in [3.8, 4) is 16.9 Å². The summed E-state index contributed by atoms with van der Waals surface area (Å²) in [6, 6.07) is 15.4. The summed E-state index contributed by atoms with van der Waals surface area (Å²) < 4.78 is 7.03. The smallest absolute Gasteiger partial charge is 0.342 e. The van der Waals surface area contributed by atoms with E-state index in [9.17, 15) is 4.79 Å². The first-order chi connectivity index (χ1) is 12.9. The molecule has 3 aromatic rings. The first-order valence-corrected chi connectivity index (χ1v) is 9.10. The van der Waals surface area contributed by atoms with Crippen molar-refractivity contribution in [2.75, 3.05) is 25.6 Å². The van der Waals surface area contributed by atoms with Crippen LogP contribution in [0.5, 0.6) is 0 Å². The van der Waals surface area contributed by atoms with E-state index in [1.165, 1.54) is 0 Å². The van der Waals surface area contributed by atoms with E-state index in [0.29, 0.717) is 28.6 Å². The first-order valence-electron chi connectivity index (χ1n) is 8.72. The Kier molecular flexibility index (Phi) is 5.51. The van der Waals surface area contributed by atoms with E-state index >= 15 is 0 Å². The van der Waals surface area contributed by atoms with Gasteiger partial charge in [0.1, 0.15) is 5.56 Å². The molecule has 0 bridgehead atoms. The number of rotatable bonds is 5. The van der Waals surface area contributed by atoms with Crippen molar-refractivity contribution in [3.05, 3.63) is 64.8 Å². The third kappa shape index (κ3) is 3.83. The summed E-state index contributed by atoms with van der Waals surface area (Å²) in [6.45, 7) is 3.91. The molecule has 0 unspecified atom stereocenters. The van der Waals surface area contributed by atoms with Gasteiger partial charge in [-0.15, -0.1) is 0 Å². The summed E-state index contributed by atoms with van der Waals surface area (Å²) >= 11 is 6.17. The van der Waals surface area contributed by atoms with Crippen molar-refractivity contribution in [1.82, 2.24) is 9.78 Å². The summed E-state index contributed by atoms with van der Waals surface area (Å²) in [5, 5.41) is 5.21. The second kappa shape index (κ2) is 7.84. The largest absolute Gasteiger partial charge is 0.462 e. The maximum atomic E-state index is 12.6. The van der Waals surface area contributed by atoms with Gasteiger partial charge in [0, 0.05) is 30.4 Å². The maximum absolute atomic E-state index is 12.6. The third-order valence-corrected chi connectivity index (χ3v) is 4.48. The van der Waals surface area contributed by atoms with Gasteiger partial charge in [-0.2, -0.15) is 5.10 Å². The normalized spacial score (nSPS) is 10.7. The fraction of sp³-hybridized carbons (Fsp3) is 0.238. The van der Waals surface area contributed by atoms with Crippen molar-refractivity contribution < 1.29 is 9.53 Å². The lowest BCUT2D eigenvalue weighted by molar-refractivity contribution is 0.0526. The summed E-state index contributed by atoms with van der Waals surface area (Å²) in [7, 11) is 3.97. The van der Waals surface area contributed by atoms with Crippen LogP contribution in [0.4, 0.5) is 5.69 Å². The topological polar surface area (TPSA) is 47.4 Å². The van der Waals surface area contributed by atoms with Crippen molar-refractivity contribution in [1.29, 1.82) is 0 Å². The summed E-state index contributed by atoms with van der Waals surface area (Å²) in [5.74, 6) is -0.380. The fourth-order valence-electron chi connectivity index (χ4n) is 2.95. The molecule has 0 atom stereocenters. The second-order valence-electron chi connectivity index (χ2n) is 6.36. The van der Waals surface area contributed by atoms with Gasteiger partial charge in [-0.3, -0.25) is 0 Å². The van der Waals surface area contributed by atoms with E-state index in [-0.39, 0.29) is 5.97 Å². The van der Waals surface area contributed by atoms with Crippen LogP contribution in [0.15, 0.2) is 48.5 Å². The monoisotopic (exact) mass is 383 g/mol. The molecule has 0 aliphatic rings. The number of benzene rings is 2. The van der Waals surface area contributed by atoms with Crippen LogP contribution >= 0.6 is 11.6 Å². The minimum atomic E-state index is -0.380. The Morgan fingerprint density at radius 3 is 2.48 bits per heavy atom. The molecule has 5 nitrogen and oxygen atoms in total. The van der Waals surface area contributed by atoms with Crippen LogP contribution in [-0.4, -0.2) is 36.5 Å². The van der Waals surface area contributed by atoms with Crippen LogP contribution in [0, 0.1) is 6.92 Å². The molecule has 3 rings (SSSR count). The predicted octanol–water partition coefficient (Wildman–Crippen LogP) is 4.74. The highest BCUT2D eigenvalue weighted by molar-refractivity contribution is 6.30. The Morgan fingerprint density at radius 1 is 1.19 bits per heavy atom. The molecule has 0 radical (unpaired) electrons. The molecule has 0 aliphatic heterocycles. The van der Waals surface area contributed by atoms with Crippen molar-refractivity contribution in [2.45, 2.75) is 13.8 Å². The van der Waals surface area contributed by atoms with Gasteiger partial charge in [0.25, 0.3) is 0 Å². The number of anilines is 1. The molecule has 6 heteroatoms. The van der Waals surface area contributed by atoms with E-state index in [2.05, 4.69) is 5.10 Å². The maximum Gasteiger partial charge on any atom is 0.342 e. The molecular formula is C21H22ClN3O2. The second-order valence-corrected chi connectivity index (χ2v) is 6.80. The average molecular weight is 384 g/mol. The molecule has 0 amide bonds. The van der Waals surface area contributed by atoms with Gasteiger partial charge in [-0.05, 0) is 44.2 Å². The molecular weight excluding hydrogens is 362 g/mol. The van der Waals surface area contributed by atoms with Crippen LogP contribution < -0.4 is 4.90 Å². The van der Waals surface area contributed by atoms with Gasteiger partial charge in [0.05, 0.1) is 23.7 Å². The number of aromatic nitrogens is 2. The van der Waals surface area contributed by atoms with E-state index in [0.717, 1.165) is 16.9 Å². The van der Waals surface area contributed by atoms with E-state index in [1.807, 2.05) is 68.4 Å². The van der Waals surface area contributed by atoms with Crippen molar-refractivity contribution in [2.24, 2.45) is 0 Å². The fourth-order valence-corrected chi connectivity index (χ4v) is 3.14. The number of hydrogen-bond acceptors (Lipinski definition) is 4. The average Bonchev–Trinajstić information content (AvgIpc) is 2.99. The van der Waals surface area contributed by atoms with E-state index in [4.69, 9.17) is 16.3 Å². The number of hydrogen-bond donors (Lipinski definition) is 0. The number of aryl methyl sites for hydroxylation is 1. The predicted molar refractivity (Wildman–Crippen MR) is 109 cm³/mol. The Bertz CT molecular complexity index is 962. The number of halogens is 1. The van der Waals surface area contributed by atoms with Gasteiger partial charge < -0.3 is 9.64 Å². The van der Waals surface area contributed by atoms with Crippen LogP contribution in [0.3, 0.4) is 0 Å². The van der Waals surface area contributed by atoms with Gasteiger partial charge in [-0.1, -0.05) is 29.8 Å². The minimum absolute atomic E-state index is 0.305. The summed E-state index contributed by atoms with van der Waals surface area (Å²) in [6.07, 6.45) is 0. The van der Waals surface area contributed by atoms with Crippen LogP contribution in [0.2, 0.25) is 5.02 Å². The van der Waals surface area contributed by atoms with Crippen molar-refractivity contribution >= 4 is 23.3 Å². The molecule has 2 aromatic carbocycles. The summed E-state index contributed by atoms with van der Waals surface area (Å²) in [4.78, 5) is 14.7. The van der Waals surface area contributed by atoms with Crippen molar-refractivity contribution in [3.63, 3.8) is 0 Å². The molecule has 0 fully saturated rings. The number of ether oxygens (including phenoxy) is 1. The molecule has 0 saturated heterocycles. The molecule has 1 aromatic heterocycles. The molecule has 1 heterocycles. The first kappa shape index (κ1) is 19.0. The van der Waals surface area contributed by atoms with E-state index < -0.39 is 0 Å². The lowest BCUT2D eigenvalue weighted by Gasteiger charge is -2.14. The molecule has 0 saturated carbocycles. The van der Waals surface area contributed by atoms with Crippen LogP contribution in [0.25, 0.3) is 16.9 Å². The molecule has 0 spiro atoms. The lowest BCUT2D eigenvalue weighted by atomic mass is 10.0. The quantitative estimate of drug-likeness (QED) is 0.597. The van der Waals surface area contributed by atoms with Gasteiger partial charge in [0.15, 0.2) is 0 Å². The zero-order chi connectivity index (χ0) is 19.6. The number of carbonyl (C=O) groups excluding carboxylic acids is 1. The highest BCUT2D eigenvalue weighted by Crippen LogP contribution is 2.31. The van der Waals surface area contributed by atoms with E-state index in [1.54, 1.807) is 17.7 Å². The highest BCUT2D eigenvalue weighted by atomic mass is 35.5. The highest BCUT2D eigenvalue weighted by Gasteiger charge is 2.24. The zero-order valence-electron chi connectivity index (χ0n) is 15.9. The Balaban J connectivity index is 2.23. The van der Waals surface area contributed by atoms with Gasteiger partial charge >= 0.3 is 5.97 Å².